The lowest BCUT2D eigenvalue weighted by atomic mass is 10.3. The second-order valence-corrected chi connectivity index (χ2v) is 4.49. The Hall–Kier alpha value is -0.980. The van der Waals surface area contributed by atoms with E-state index >= 15 is 0 Å². The van der Waals surface area contributed by atoms with Gasteiger partial charge in [-0.2, -0.15) is 11.8 Å². The third-order valence-electron chi connectivity index (χ3n) is 2.15. The Balaban J connectivity index is 2.38. The highest BCUT2D eigenvalue weighted by Gasteiger charge is 2.09. The van der Waals surface area contributed by atoms with Crippen LogP contribution < -0.4 is 17.0 Å². The molecule has 0 saturated heterocycles. The smallest absolute Gasteiger partial charge is 0.268 e. The van der Waals surface area contributed by atoms with Gasteiger partial charge in [-0.1, -0.05) is 6.92 Å². The van der Waals surface area contributed by atoms with Gasteiger partial charge in [-0.25, -0.2) is 5.84 Å². The predicted octanol–water partition coefficient (Wildman–Crippen LogP) is 0.854. The lowest BCUT2D eigenvalue weighted by Crippen LogP contribution is -2.29. The van der Waals surface area contributed by atoms with Gasteiger partial charge in [-0.05, 0) is 12.5 Å². The fourth-order valence-electron chi connectivity index (χ4n) is 1.09. The molecule has 5 N–H and O–H groups in total. The van der Waals surface area contributed by atoms with Crippen molar-refractivity contribution in [3.63, 3.8) is 0 Å². The molecule has 1 aromatic heterocycles. The van der Waals surface area contributed by atoms with E-state index in [0.717, 1.165) is 17.9 Å². The number of carbonyl (C=O) groups excluding carboxylic acids is 1. The van der Waals surface area contributed by atoms with Crippen LogP contribution >= 0.6 is 11.8 Å². The molecule has 0 aromatic carbocycles. The molecule has 0 aliphatic carbocycles. The number of rotatable bonds is 6. The average Bonchev–Trinajstić information content (AvgIpc) is 2.76. The normalized spacial score (nSPS) is 12.4. The summed E-state index contributed by atoms with van der Waals surface area (Å²) >= 11 is 1.69. The molecule has 0 bridgehead atoms. The number of thioether (sulfide) groups is 1. The Labute approximate surface area is 98.9 Å². The minimum Gasteiger partial charge on any atom is -0.468 e. The van der Waals surface area contributed by atoms with Crippen molar-refractivity contribution in [2.24, 2.45) is 11.6 Å². The summed E-state index contributed by atoms with van der Waals surface area (Å²) in [5, 5.41) is 0. The molecule has 0 aliphatic rings. The summed E-state index contributed by atoms with van der Waals surface area (Å²) in [7, 11) is 0. The van der Waals surface area contributed by atoms with E-state index in [1.54, 1.807) is 17.8 Å². The van der Waals surface area contributed by atoms with E-state index in [9.17, 15) is 4.79 Å². The van der Waals surface area contributed by atoms with Crippen LogP contribution in [0.3, 0.4) is 0 Å². The summed E-state index contributed by atoms with van der Waals surface area (Å²) in [6.07, 6.45) is 2.36. The van der Waals surface area contributed by atoms with Crippen molar-refractivity contribution in [3.05, 3.63) is 23.7 Å². The van der Waals surface area contributed by atoms with Gasteiger partial charge >= 0.3 is 0 Å². The topological polar surface area (TPSA) is 94.3 Å². The van der Waals surface area contributed by atoms with Crippen LogP contribution in [-0.4, -0.2) is 17.7 Å². The lowest BCUT2D eigenvalue weighted by Gasteiger charge is -2.06. The quantitative estimate of drug-likeness (QED) is 0.391. The van der Waals surface area contributed by atoms with Gasteiger partial charge in [0, 0.05) is 11.8 Å². The van der Waals surface area contributed by atoms with Gasteiger partial charge in [0.05, 0.1) is 11.3 Å². The van der Waals surface area contributed by atoms with Gasteiger partial charge in [0.2, 0.25) is 0 Å². The molecule has 0 saturated carbocycles. The Morgan fingerprint density at radius 1 is 1.69 bits per heavy atom. The van der Waals surface area contributed by atoms with Crippen LogP contribution in [0, 0.1) is 0 Å². The number of nitrogen functional groups attached to an aromatic ring is 1. The molecule has 1 aromatic rings. The number of hydrogen-bond donors (Lipinski definition) is 3. The van der Waals surface area contributed by atoms with Crippen molar-refractivity contribution in [3.8, 4) is 0 Å². The molecule has 1 atom stereocenters. The zero-order chi connectivity index (χ0) is 12.0. The van der Waals surface area contributed by atoms with Gasteiger partial charge < -0.3 is 10.2 Å². The third kappa shape index (κ3) is 3.88. The van der Waals surface area contributed by atoms with Crippen molar-refractivity contribution in [2.45, 2.75) is 25.1 Å². The van der Waals surface area contributed by atoms with Crippen LogP contribution in [0.5, 0.6) is 0 Å². The average molecular weight is 243 g/mol. The first-order valence-electron chi connectivity index (χ1n) is 5.09. The highest BCUT2D eigenvalue weighted by Crippen LogP contribution is 2.16. The Morgan fingerprint density at radius 3 is 3.06 bits per heavy atom. The summed E-state index contributed by atoms with van der Waals surface area (Å²) in [5.74, 6) is 7.02. The van der Waals surface area contributed by atoms with Gasteiger partial charge in [0.1, 0.15) is 12.0 Å². The summed E-state index contributed by atoms with van der Waals surface area (Å²) in [5.41, 5.74) is 8.27. The number of nitrogens with two attached hydrogens (primary N) is 2. The number of nitrogens with one attached hydrogen (secondary N) is 1. The molecule has 1 rings (SSSR count). The van der Waals surface area contributed by atoms with Crippen LogP contribution in [0.15, 0.2) is 16.7 Å². The third-order valence-corrected chi connectivity index (χ3v) is 3.30. The molecule has 1 unspecified atom stereocenters. The van der Waals surface area contributed by atoms with Crippen LogP contribution in [0.1, 0.15) is 29.5 Å². The first-order valence-corrected chi connectivity index (χ1v) is 6.24. The summed E-state index contributed by atoms with van der Waals surface area (Å²) in [6, 6.07) is 1.90. The molecule has 6 heteroatoms. The fourth-order valence-corrected chi connectivity index (χ4v) is 2.10. The Morgan fingerprint density at radius 2 is 2.44 bits per heavy atom. The molecule has 0 radical (unpaired) electrons. The van der Waals surface area contributed by atoms with Crippen LogP contribution in [0.4, 0.5) is 0 Å². The van der Waals surface area contributed by atoms with E-state index in [0.29, 0.717) is 11.3 Å². The summed E-state index contributed by atoms with van der Waals surface area (Å²) in [4.78, 5) is 11.1. The summed E-state index contributed by atoms with van der Waals surface area (Å²) in [6.45, 7) is 2.06. The maximum absolute atomic E-state index is 11.1. The SMILES string of the molecule is CCC(N)CSCc1cc(C(=O)NN)co1. The van der Waals surface area contributed by atoms with E-state index in [1.807, 2.05) is 0 Å². The van der Waals surface area contributed by atoms with Crippen LogP contribution in [0.2, 0.25) is 0 Å². The number of hydrogen-bond acceptors (Lipinski definition) is 5. The second-order valence-electron chi connectivity index (χ2n) is 3.46. The number of amides is 1. The van der Waals surface area contributed by atoms with Gasteiger partial charge in [-0.15, -0.1) is 0 Å². The number of hydrazine groups is 1. The van der Waals surface area contributed by atoms with Gasteiger partial charge in [-0.3, -0.25) is 10.2 Å². The first-order chi connectivity index (χ1) is 7.67. The van der Waals surface area contributed by atoms with Gasteiger partial charge in [0.15, 0.2) is 0 Å². The Bertz CT molecular complexity index is 341. The Kier molecular flexibility index (Phi) is 5.37. The molecule has 90 valence electrons. The van der Waals surface area contributed by atoms with Crippen molar-refractivity contribution in [1.82, 2.24) is 5.43 Å². The van der Waals surface area contributed by atoms with Crippen LogP contribution in [-0.2, 0) is 5.75 Å². The van der Waals surface area contributed by atoms with E-state index in [4.69, 9.17) is 16.0 Å². The largest absolute Gasteiger partial charge is 0.468 e. The maximum atomic E-state index is 11.1. The molecular formula is C10H17N3O2S. The van der Waals surface area contributed by atoms with E-state index in [2.05, 4.69) is 12.3 Å². The molecule has 0 spiro atoms. The highest BCUT2D eigenvalue weighted by atomic mass is 32.2. The standard InChI is InChI=1S/C10H17N3O2S/c1-2-8(11)5-16-6-9-3-7(4-15-9)10(14)13-12/h3-4,8H,2,5-6,11-12H2,1H3,(H,13,14). The first kappa shape index (κ1) is 13.1. The lowest BCUT2D eigenvalue weighted by molar-refractivity contribution is 0.0953. The zero-order valence-corrected chi connectivity index (χ0v) is 10.0. The van der Waals surface area contributed by atoms with Crippen LogP contribution in [0.25, 0.3) is 0 Å². The predicted molar refractivity (Wildman–Crippen MR) is 64.8 cm³/mol. The zero-order valence-electron chi connectivity index (χ0n) is 9.23. The summed E-state index contributed by atoms with van der Waals surface area (Å²) < 4.78 is 5.23. The highest BCUT2D eigenvalue weighted by molar-refractivity contribution is 7.98. The van der Waals surface area contributed by atoms with Crippen molar-refractivity contribution >= 4 is 17.7 Å². The number of carbonyl (C=O) groups is 1. The van der Waals surface area contributed by atoms with Gasteiger partial charge in [0.25, 0.3) is 5.91 Å². The minimum atomic E-state index is -0.342. The molecule has 0 aliphatic heterocycles. The van der Waals surface area contributed by atoms with Crippen molar-refractivity contribution in [2.75, 3.05) is 5.75 Å². The minimum absolute atomic E-state index is 0.215. The van der Waals surface area contributed by atoms with E-state index < -0.39 is 0 Å². The van der Waals surface area contributed by atoms with Crippen molar-refractivity contribution < 1.29 is 9.21 Å². The molecule has 1 heterocycles. The monoisotopic (exact) mass is 243 g/mol. The number of furan rings is 1. The van der Waals surface area contributed by atoms with E-state index in [-0.39, 0.29) is 11.9 Å². The molecule has 0 fully saturated rings. The molecule has 5 nitrogen and oxygen atoms in total. The second kappa shape index (κ2) is 6.57. The van der Waals surface area contributed by atoms with Crippen molar-refractivity contribution in [1.29, 1.82) is 0 Å². The molecular weight excluding hydrogens is 226 g/mol. The van der Waals surface area contributed by atoms with E-state index in [1.165, 1.54) is 6.26 Å². The fraction of sp³-hybridized carbons (Fsp3) is 0.500. The maximum Gasteiger partial charge on any atom is 0.268 e. The molecule has 1 amide bonds. The molecule has 16 heavy (non-hydrogen) atoms.